The Hall–Kier alpha value is -1.95. The number of aromatic carboxylic acids is 1. The third-order valence-electron chi connectivity index (χ3n) is 4.13. The molecule has 6 heteroatoms. The van der Waals surface area contributed by atoms with Crippen molar-refractivity contribution in [1.82, 2.24) is 5.32 Å². The van der Waals surface area contributed by atoms with E-state index in [-0.39, 0.29) is 29.1 Å². The van der Waals surface area contributed by atoms with Gasteiger partial charge in [0.05, 0.1) is 17.2 Å². The monoisotopic (exact) mass is 278 g/mol. The first-order valence-corrected chi connectivity index (χ1v) is 6.65. The molecule has 2 heterocycles. The Morgan fingerprint density at radius 1 is 1.35 bits per heavy atom. The summed E-state index contributed by atoms with van der Waals surface area (Å²) in [4.78, 5) is 23.3. The highest BCUT2D eigenvalue weighted by Gasteiger charge is 2.43. The Morgan fingerprint density at radius 2 is 2.15 bits per heavy atom. The van der Waals surface area contributed by atoms with E-state index in [1.807, 2.05) is 0 Å². The van der Waals surface area contributed by atoms with Crippen LogP contribution in [0.2, 0.25) is 0 Å². The fourth-order valence-corrected chi connectivity index (χ4v) is 3.16. The molecule has 20 heavy (non-hydrogen) atoms. The first kappa shape index (κ1) is 13.1. The van der Waals surface area contributed by atoms with Crippen LogP contribution in [0, 0.1) is 11.7 Å². The maximum absolute atomic E-state index is 13.8. The number of anilines is 1. The fourth-order valence-electron chi connectivity index (χ4n) is 3.16. The molecule has 2 aliphatic rings. The van der Waals surface area contributed by atoms with E-state index in [4.69, 9.17) is 5.11 Å². The number of hydrogen-bond acceptors (Lipinski definition) is 3. The average molecular weight is 278 g/mol. The lowest BCUT2D eigenvalue weighted by molar-refractivity contribution is -0.120. The van der Waals surface area contributed by atoms with Crippen molar-refractivity contribution >= 4 is 17.6 Å². The average Bonchev–Trinajstić information content (AvgIpc) is 3.03. The highest BCUT2D eigenvalue weighted by Crippen LogP contribution is 2.34. The highest BCUT2D eigenvalue weighted by atomic mass is 19.1. The predicted molar refractivity (Wildman–Crippen MR) is 70.0 cm³/mol. The van der Waals surface area contributed by atoms with Crippen LogP contribution >= 0.6 is 0 Å². The fraction of sp³-hybridized carbons (Fsp3) is 0.429. The van der Waals surface area contributed by atoms with Crippen molar-refractivity contribution in [2.75, 3.05) is 5.32 Å². The Bertz CT molecular complexity index is 576. The molecule has 2 aliphatic heterocycles. The number of rotatable bonds is 3. The summed E-state index contributed by atoms with van der Waals surface area (Å²) < 4.78 is 13.8. The van der Waals surface area contributed by atoms with Gasteiger partial charge in [-0.25, -0.2) is 9.18 Å². The molecule has 0 radical (unpaired) electrons. The van der Waals surface area contributed by atoms with Crippen molar-refractivity contribution in [3.63, 3.8) is 0 Å². The number of carbonyl (C=O) groups excluding carboxylic acids is 1. The number of benzene rings is 1. The molecule has 1 aromatic carbocycles. The zero-order valence-corrected chi connectivity index (χ0v) is 10.7. The summed E-state index contributed by atoms with van der Waals surface area (Å²) in [5.41, 5.74) is -0.470. The Balaban J connectivity index is 1.81. The van der Waals surface area contributed by atoms with Gasteiger partial charge < -0.3 is 15.7 Å². The molecule has 3 N–H and O–H groups in total. The molecule has 3 unspecified atom stereocenters. The number of fused-ring (bicyclic) bond motifs is 2. The molecule has 2 bridgehead atoms. The molecular weight excluding hydrogens is 263 g/mol. The van der Waals surface area contributed by atoms with Gasteiger partial charge in [0, 0.05) is 12.1 Å². The largest absolute Gasteiger partial charge is 0.478 e. The lowest BCUT2D eigenvalue weighted by atomic mass is 9.88. The van der Waals surface area contributed by atoms with E-state index in [2.05, 4.69) is 10.6 Å². The summed E-state index contributed by atoms with van der Waals surface area (Å²) in [5.74, 6) is -2.51. The molecule has 1 aromatic rings. The molecule has 3 rings (SSSR count). The van der Waals surface area contributed by atoms with Gasteiger partial charge in [-0.15, -0.1) is 0 Å². The Labute approximate surface area is 115 Å². The minimum absolute atomic E-state index is 0.125. The van der Waals surface area contributed by atoms with E-state index in [0.717, 1.165) is 25.3 Å². The van der Waals surface area contributed by atoms with Crippen LogP contribution in [0.15, 0.2) is 18.2 Å². The number of carbonyl (C=O) groups is 2. The van der Waals surface area contributed by atoms with Crippen LogP contribution in [0.3, 0.4) is 0 Å². The number of nitrogens with one attached hydrogen (secondary N) is 2. The maximum atomic E-state index is 13.8. The summed E-state index contributed by atoms with van der Waals surface area (Å²) in [6.07, 6.45) is 2.73. The van der Waals surface area contributed by atoms with Gasteiger partial charge in [-0.1, -0.05) is 6.07 Å². The molecule has 3 atom stereocenters. The second-order valence-corrected chi connectivity index (χ2v) is 5.35. The summed E-state index contributed by atoms with van der Waals surface area (Å²) >= 11 is 0. The second kappa shape index (κ2) is 4.86. The van der Waals surface area contributed by atoms with Crippen molar-refractivity contribution in [2.24, 2.45) is 5.92 Å². The van der Waals surface area contributed by atoms with Crippen LogP contribution < -0.4 is 10.6 Å². The zero-order chi connectivity index (χ0) is 14.3. The molecule has 0 saturated carbocycles. The molecule has 0 aromatic heterocycles. The number of carboxylic acid groups (broad SMARTS) is 1. The third-order valence-corrected chi connectivity index (χ3v) is 4.13. The number of para-hydroxylation sites is 1. The summed E-state index contributed by atoms with van der Waals surface area (Å²) in [6, 6.07) is 4.21. The van der Waals surface area contributed by atoms with Crippen molar-refractivity contribution < 1.29 is 19.1 Å². The molecular formula is C14H15FN2O3. The van der Waals surface area contributed by atoms with E-state index in [1.165, 1.54) is 12.1 Å². The summed E-state index contributed by atoms with van der Waals surface area (Å²) in [5, 5.41) is 14.8. The standard InChI is InChI=1S/C14H15FN2O3/c15-10-3-1-2-8(14(19)20)12(10)17-13(18)9-6-7-4-5-11(9)16-7/h1-3,7,9,11,16H,4-6H2,(H,17,18)(H,19,20). The topological polar surface area (TPSA) is 78.4 Å². The first-order valence-electron chi connectivity index (χ1n) is 6.65. The van der Waals surface area contributed by atoms with Gasteiger partial charge in [0.1, 0.15) is 5.82 Å². The van der Waals surface area contributed by atoms with Crippen LogP contribution in [-0.4, -0.2) is 29.1 Å². The number of hydrogen-bond donors (Lipinski definition) is 3. The molecule has 106 valence electrons. The maximum Gasteiger partial charge on any atom is 0.337 e. The van der Waals surface area contributed by atoms with Gasteiger partial charge in [0.2, 0.25) is 5.91 Å². The van der Waals surface area contributed by atoms with E-state index >= 15 is 0 Å². The lowest BCUT2D eigenvalue weighted by Gasteiger charge is -2.20. The van der Waals surface area contributed by atoms with Crippen LogP contribution in [0.4, 0.5) is 10.1 Å². The highest BCUT2D eigenvalue weighted by molar-refractivity contribution is 6.01. The molecule has 5 nitrogen and oxygen atoms in total. The Kier molecular flexibility index (Phi) is 3.17. The van der Waals surface area contributed by atoms with E-state index < -0.39 is 11.8 Å². The van der Waals surface area contributed by atoms with Gasteiger partial charge in [0.25, 0.3) is 0 Å². The number of amides is 1. The lowest BCUT2D eigenvalue weighted by Crippen LogP contribution is -2.33. The number of halogens is 1. The normalized spacial score (nSPS) is 27.6. The SMILES string of the molecule is O=C(O)c1cccc(F)c1NC(=O)C1CC2CCC1N2. The van der Waals surface area contributed by atoms with E-state index in [0.29, 0.717) is 6.04 Å². The summed E-state index contributed by atoms with van der Waals surface area (Å²) in [7, 11) is 0. The van der Waals surface area contributed by atoms with Crippen LogP contribution in [0.1, 0.15) is 29.6 Å². The smallest absolute Gasteiger partial charge is 0.337 e. The van der Waals surface area contributed by atoms with Crippen molar-refractivity contribution in [2.45, 2.75) is 31.3 Å². The minimum atomic E-state index is -1.26. The van der Waals surface area contributed by atoms with Gasteiger partial charge in [-0.2, -0.15) is 0 Å². The predicted octanol–water partition coefficient (Wildman–Crippen LogP) is 1.60. The third kappa shape index (κ3) is 2.16. The van der Waals surface area contributed by atoms with Crippen molar-refractivity contribution in [3.05, 3.63) is 29.6 Å². The molecule has 0 spiro atoms. The van der Waals surface area contributed by atoms with Crippen LogP contribution in [0.5, 0.6) is 0 Å². The van der Waals surface area contributed by atoms with Crippen molar-refractivity contribution in [1.29, 1.82) is 0 Å². The molecule has 1 amide bonds. The van der Waals surface area contributed by atoms with Gasteiger partial charge in [-0.05, 0) is 31.4 Å². The molecule has 2 fully saturated rings. The van der Waals surface area contributed by atoms with Gasteiger partial charge >= 0.3 is 5.97 Å². The second-order valence-electron chi connectivity index (χ2n) is 5.35. The Morgan fingerprint density at radius 3 is 2.75 bits per heavy atom. The first-order chi connectivity index (χ1) is 9.56. The summed E-state index contributed by atoms with van der Waals surface area (Å²) in [6.45, 7) is 0. The van der Waals surface area contributed by atoms with Gasteiger partial charge in [-0.3, -0.25) is 4.79 Å². The zero-order valence-electron chi connectivity index (χ0n) is 10.7. The molecule has 2 saturated heterocycles. The molecule has 0 aliphatic carbocycles. The van der Waals surface area contributed by atoms with Crippen molar-refractivity contribution in [3.8, 4) is 0 Å². The van der Waals surface area contributed by atoms with Gasteiger partial charge in [0.15, 0.2) is 0 Å². The number of carboxylic acids is 1. The van der Waals surface area contributed by atoms with E-state index in [1.54, 1.807) is 0 Å². The van der Waals surface area contributed by atoms with Crippen LogP contribution in [-0.2, 0) is 4.79 Å². The minimum Gasteiger partial charge on any atom is -0.478 e. The quantitative estimate of drug-likeness (QED) is 0.784. The van der Waals surface area contributed by atoms with Crippen LogP contribution in [0.25, 0.3) is 0 Å². The van der Waals surface area contributed by atoms with E-state index in [9.17, 15) is 14.0 Å².